The quantitative estimate of drug-likeness (QED) is 0.805. The van der Waals surface area contributed by atoms with Crippen molar-refractivity contribution in [2.75, 3.05) is 25.6 Å². The summed E-state index contributed by atoms with van der Waals surface area (Å²) in [6, 6.07) is 6.11. The minimum Gasteiger partial charge on any atom is -0.462 e. The first kappa shape index (κ1) is 15.3. The smallest absolute Gasteiger partial charge is 0.341 e. The summed E-state index contributed by atoms with van der Waals surface area (Å²) in [5.41, 5.74) is 3.51. The van der Waals surface area contributed by atoms with Gasteiger partial charge in [-0.3, -0.25) is 4.98 Å². The van der Waals surface area contributed by atoms with Gasteiger partial charge in [-0.15, -0.1) is 0 Å². The van der Waals surface area contributed by atoms with Crippen molar-refractivity contribution in [1.29, 1.82) is 0 Å². The molecular formula is C17H22N2O2. The first-order chi connectivity index (χ1) is 9.97. The zero-order chi connectivity index (χ0) is 15.6. The first-order valence-electron chi connectivity index (χ1n) is 7.23. The van der Waals surface area contributed by atoms with Crippen LogP contribution in [-0.2, 0) is 4.74 Å². The van der Waals surface area contributed by atoms with Gasteiger partial charge in [-0.25, -0.2) is 4.79 Å². The van der Waals surface area contributed by atoms with E-state index in [-0.39, 0.29) is 5.97 Å². The van der Waals surface area contributed by atoms with E-state index in [0.717, 1.165) is 16.6 Å². The van der Waals surface area contributed by atoms with E-state index in [1.54, 1.807) is 13.1 Å². The molecule has 0 saturated heterocycles. The average molecular weight is 286 g/mol. The van der Waals surface area contributed by atoms with Gasteiger partial charge in [-0.05, 0) is 18.4 Å². The van der Waals surface area contributed by atoms with Crippen molar-refractivity contribution in [3.05, 3.63) is 35.5 Å². The Morgan fingerprint density at radius 3 is 2.62 bits per heavy atom. The van der Waals surface area contributed by atoms with E-state index in [2.05, 4.69) is 24.9 Å². The number of benzene rings is 1. The molecule has 112 valence electrons. The maximum atomic E-state index is 12.1. The van der Waals surface area contributed by atoms with E-state index < -0.39 is 0 Å². The second kappa shape index (κ2) is 6.12. The fourth-order valence-electron chi connectivity index (χ4n) is 2.54. The van der Waals surface area contributed by atoms with Crippen molar-refractivity contribution >= 4 is 22.6 Å². The highest BCUT2D eigenvalue weighted by atomic mass is 16.5. The van der Waals surface area contributed by atoms with Crippen molar-refractivity contribution in [3.63, 3.8) is 0 Å². The van der Waals surface area contributed by atoms with Crippen LogP contribution in [0.25, 0.3) is 10.9 Å². The number of carbonyl (C=O) groups excluding carboxylic acids is 1. The summed E-state index contributed by atoms with van der Waals surface area (Å²) in [6.07, 6.45) is 1.63. The lowest BCUT2D eigenvalue weighted by atomic mass is 9.98. The highest BCUT2D eigenvalue weighted by molar-refractivity contribution is 6.05. The number of fused-ring (bicyclic) bond motifs is 1. The molecule has 0 amide bonds. The predicted octanol–water partition coefficient (Wildman–Crippen LogP) is 3.60. The fraction of sp³-hybridized carbons (Fsp3) is 0.412. The summed E-state index contributed by atoms with van der Waals surface area (Å²) >= 11 is 0. The number of nitrogens with zero attached hydrogens (tertiary/aromatic N) is 2. The van der Waals surface area contributed by atoms with Crippen LogP contribution in [0.4, 0.5) is 5.69 Å². The molecule has 2 rings (SSSR count). The average Bonchev–Trinajstić information content (AvgIpc) is 2.45. The van der Waals surface area contributed by atoms with Crippen LogP contribution < -0.4 is 4.90 Å². The molecular weight excluding hydrogens is 264 g/mol. The van der Waals surface area contributed by atoms with E-state index >= 15 is 0 Å². The molecule has 0 bridgehead atoms. The Morgan fingerprint density at radius 1 is 1.33 bits per heavy atom. The standard InChI is InChI=1S/C17H22N2O2/c1-6-21-17(20)14-10-18-15-12(11(2)3)8-7-9-13(15)16(14)19(4)5/h7-11H,6H2,1-5H3. The van der Waals surface area contributed by atoms with Crippen molar-refractivity contribution in [2.24, 2.45) is 0 Å². The number of para-hydroxylation sites is 1. The molecule has 4 nitrogen and oxygen atoms in total. The molecule has 0 spiro atoms. The summed E-state index contributed by atoms with van der Waals surface area (Å²) in [7, 11) is 3.86. The number of hydrogen-bond donors (Lipinski definition) is 0. The van der Waals surface area contributed by atoms with Crippen LogP contribution in [-0.4, -0.2) is 31.7 Å². The lowest BCUT2D eigenvalue weighted by Gasteiger charge is -2.20. The van der Waals surface area contributed by atoms with Gasteiger partial charge in [0.1, 0.15) is 5.56 Å². The lowest BCUT2D eigenvalue weighted by molar-refractivity contribution is 0.0527. The Labute approximate surface area is 125 Å². The fourth-order valence-corrected chi connectivity index (χ4v) is 2.54. The number of rotatable bonds is 4. The van der Waals surface area contributed by atoms with Crippen LogP contribution in [0.3, 0.4) is 0 Å². The molecule has 0 radical (unpaired) electrons. The highest BCUT2D eigenvalue weighted by Crippen LogP contribution is 2.32. The van der Waals surface area contributed by atoms with E-state index in [0.29, 0.717) is 18.1 Å². The molecule has 0 saturated carbocycles. The van der Waals surface area contributed by atoms with Crippen LogP contribution in [0, 0.1) is 0 Å². The van der Waals surface area contributed by atoms with Gasteiger partial charge < -0.3 is 9.64 Å². The van der Waals surface area contributed by atoms with E-state index in [9.17, 15) is 4.79 Å². The molecule has 0 aliphatic carbocycles. The number of hydrogen-bond acceptors (Lipinski definition) is 4. The molecule has 21 heavy (non-hydrogen) atoms. The number of aromatic nitrogens is 1. The Hall–Kier alpha value is -2.10. The topological polar surface area (TPSA) is 42.4 Å². The van der Waals surface area contributed by atoms with E-state index in [1.807, 2.05) is 31.1 Å². The molecule has 0 aliphatic rings. The second-order valence-corrected chi connectivity index (χ2v) is 5.53. The Bertz CT molecular complexity index is 663. The van der Waals surface area contributed by atoms with Crippen molar-refractivity contribution < 1.29 is 9.53 Å². The van der Waals surface area contributed by atoms with Gasteiger partial charge in [0.05, 0.1) is 17.8 Å². The van der Waals surface area contributed by atoms with E-state index in [4.69, 9.17) is 4.74 Å². The zero-order valence-electron chi connectivity index (χ0n) is 13.3. The Balaban J connectivity index is 2.75. The molecule has 0 atom stereocenters. The predicted molar refractivity (Wildman–Crippen MR) is 86.1 cm³/mol. The minimum atomic E-state index is -0.328. The van der Waals surface area contributed by atoms with Gasteiger partial charge in [0.2, 0.25) is 0 Å². The third-order valence-electron chi connectivity index (χ3n) is 3.46. The monoisotopic (exact) mass is 286 g/mol. The van der Waals surface area contributed by atoms with Crippen LogP contribution in [0.2, 0.25) is 0 Å². The van der Waals surface area contributed by atoms with Gasteiger partial charge in [0, 0.05) is 25.7 Å². The third-order valence-corrected chi connectivity index (χ3v) is 3.46. The number of carbonyl (C=O) groups is 1. The molecule has 1 aromatic carbocycles. The number of pyridine rings is 1. The van der Waals surface area contributed by atoms with Crippen molar-refractivity contribution in [1.82, 2.24) is 4.98 Å². The Kier molecular flexibility index (Phi) is 4.46. The first-order valence-corrected chi connectivity index (χ1v) is 7.23. The molecule has 2 aromatic rings. The molecule has 0 fully saturated rings. The van der Waals surface area contributed by atoms with Crippen LogP contribution in [0.1, 0.15) is 42.6 Å². The van der Waals surface area contributed by atoms with Crippen molar-refractivity contribution in [3.8, 4) is 0 Å². The van der Waals surface area contributed by atoms with Gasteiger partial charge in [-0.1, -0.05) is 32.0 Å². The molecule has 4 heteroatoms. The maximum Gasteiger partial charge on any atom is 0.341 e. The summed E-state index contributed by atoms with van der Waals surface area (Å²) in [4.78, 5) is 18.6. The summed E-state index contributed by atoms with van der Waals surface area (Å²) in [5.74, 6) is 0.0511. The molecule has 0 N–H and O–H groups in total. The zero-order valence-corrected chi connectivity index (χ0v) is 13.3. The largest absolute Gasteiger partial charge is 0.462 e. The highest BCUT2D eigenvalue weighted by Gasteiger charge is 2.19. The number of esters is 1. The molecule has 0 unspecified atom stereocenters. The van der Waals surface area contributed by atoms with Gasteiger partial charge in [0.15, 0.2) is 0 Å². The molecule has 0 aliphatic heterocycles. The SMILES string of the molecule is CCOC(=O)c1cnc2c(C(C)C)cccc2c1N(C)C. The summed E-state index contributed by atoms with van der Waals surface area (Å²) in [6.45, 7) is 6.45. The summed E-state index contributed by atoms with van der Waals surface area (Å²) < 4.78 is 5.14. The molecule has 1 aromatic heterocycles. The minimum absolute atomic E-state index is 0.328. The van der Waals surface area contributed by atoms with Gasteiger partial charge >= 0.3 is 5.97 Å². The lowest BCUT2D eigenvalue weighted by Crippen LogP contribution is -2.17. The number of anilines is 1. The van der Waals surface area contributed by atoms with Gasteiger partial charge in [-0.2, -0.15) is 0 Å². The molecule has 1 heterocycles. The van der Waals surface area contributed by atoms with E-state index in [1.165, 1.54) is 5.56 Å². The van der Waals surface area contributed by atoms with Crippen LogP contribution in [0.15, 0.2) is 24.4 Å². The second-order valence-electron chi connectivity index (χ2n) is 5.53. The van der Waals surface area contributed by atoms with Crippen LogP contribution in [0.5, 0.6) is 0 Å². The normalized spacial score (nSPS) is 11.0. The Morgan fingerprint density at radius 2 is 2.05 bits per heavy atom. The van der Waals surface area contributed by atoms with Crippen LogP contribution >= 0.6 is 0 Å². The maximum absolute atomic E-state index is 12.1. The third kappa shape index (κ3) is 2.84. The summed E-state index contributed by atoms with van der Waals surface area (Å²) in [5, 5.41) is 0.983. The number of ether oxygens (including phenoxy) is 1. The van der Waals surface area contributed by atoms with Gasteiger partial charge in [0.25, 0.3) is 0 Å². The van der Waals surface area contributed by atoms with Crippen molar-refractivity contribution in [2.45, 2.75) is 26.7 Å².